The van der Waals surface area contributed by atoms with Crippen molar-refractivity contribution in [3.05, 3.63) is 0 Å². The lowest BCUT2D eigenvalue weighted by molar-refractivity contribution is -0.178. The molecule has 0 aromatic carbocycles. The molecule has 24 heavy (non-hydrogen) atoms. The van der Waals surface area contributed by atoms with Gasteiger partial charge in [-0.05, 0) is 46.0 Å². The molecule has 3 saturated heterocycles. The normalized spacial score (nSPS) is 44.0. The molecule has 0 radical (unpaired) electrons. The average Bonchev–Trinajstić information content (AvgIpc) is 3.02. The Morgan fingerprint density at radius 2 is 2.00 bits per heavy atom. The fourth-order valence-corrected chi connectivity index (χ4v) is 5.41. The first-order chi connectivity index (χ1) is 11.3. The highest BCUT2D eigenvalue weighted by atomic mass is 16.8. The molecule has 5 atom stereocenters. The first kappa shape index (κ1) is 16.3. The van der Waals surface area contributed by atoms with E-state index in [0.717, 1.165) is 38.6 Å². The Kier molecular flexibility index (Phi) is 3.69. The van der Waals surface area contributed by atoms with Crippen LogP contribution in [0.2, 0.25) is 0 Å². The highest BCUT2D eigenvalue weighted by Crippen LogP contribution is 2.53. The van der Waals surface area contributed by atoms with E-state index in [0.29, 0.717) is 6.42 Å². The SMILES string of the molecule is CC(=O)N1CCCC[C@@H]1[C@]12CC[C@@H]3OC(C)(C)O[C@@H]3[C@H]1CC(=O)O2. The number of hydrogen-bond acceptors (Lipinski definition) is 5. The van der Waals surface area contributed by atoms with Gasteiger partial charge in [-0.2, -0.15) is 0 Å². The number of piperidine rings is 1. The van der Waals surface area contributed by atoms with E-state index in [4.69, 9.17) is 14.2 Å². The summed E-state index contributed by atoms with van der Waals surface area (Å²) in [6.07, 6.45) is 4.78. The highest BCUT2D eigenvalue weighted by Gasteiger charge is 2.65. The molecule has 0 aromatic heterocycles. The largest absolute Gasteiger partial charge is 0.456 e. The van der Waals surface area contributed by atoms with Gasteiger partial charge >= 0.3 is 5.97 Å². The van der Waals surface area contributed by atoms with Crippen molar-refractivity contribution in [1.29, 1.82) is 0 Å². The third kappa shape index (κ3) is 2.37. The molecule has 134 valence electrons. The van der Waals surface area contributed by atoms with Gasteiger partial charge < -0.3 is 19.1 Å². The third-order valence-corrected chi connectivity index (χ3v) is 6.23. The molecule has 0 unspecified atom stereocenters. The van der Waals surface area contributed by atoms with E-state index in [1.54, 1.807) is 6.92 Å². The summed E-state index contributed by atoms with van der Waals surface area (Å²) < 4.78 is 18.2. The van der Waals surface area contributed by atoms with Gasteiger partial charge in [0.15, 0.2) is 5.79 Å². The Hall–Kier alpha value is -1.14. The molecule has 0 N–H and O–H groups in total. The summed E-state index contributed by atoms with van der Waals surface area (Å²) in [5, 5.41) is 0. The number of nitrogens with zero attached hydrogens (tertiary/aromatic N) is 1. The molecule has 3 aliphatic heterocycles. The van der Waals surface area contributed by atoms with Crippen LogP contribution in [0.15, 0.2) is 0 Å². The topological polar surface area (TPSA) is 65.1 Å². The molecule has 1 amide bonds. The second-order valence-electron chi connectivity index (χ2n) is 8.14. The second kappa shape index (κ2) is 5.43. The van der Waals surface area contributed by atoms with Crippen LogP contribution in [0.1, 0.15) is 59.3 Å². The van der Waals surface area contributed by atoms with E-state index in [1.165, 1.54) is 0 Å². The van der Waals surface area contributed by atoms with E-state index in [9.17, 15) is 9.59 Å². The molecule has 0 bridgehead atoms. The zero-order valence-electron chi connectivity index (χ0n) is 14.7. The van der Waals surface area contributed by atoms with Gasteiger partial charge in [-0.3, -0.25) is 9.59 Å². The number of hydrogen-bond donors (Lipinski definition) is 0. The van der Waals surface area contributed by atoms with Crippen molar-refractivity contribution in [2.45, 2.75) is 88.9 Å². The zero-order valence-corrected chi connectivity index (χ0v) is 14.7. The summed E-state index contributed by atoms with van der Waals surface area (Å²) in [5.41, 5.74) is -0.603. The number of carbonyl (C=O) groups excluding carboxylic acids is 2. The molecular weight excluding hydrogens is 310 g/mol. The van der Waals surface area contributed by atoms with Crippen LogP contribution in [0, 0.1) is 5.92 Å². The van der Waals surface area contributed by atoms with E-state index < -0.39 is 11.4 Å². The molecule has 4 aliphatic rings. The van der Waals surface area contributed by atoms with Crippen molar-refractivity contribution in [3.63, 3.8) is 0 Å². The van der Waals surface area contributed by atoms with Gasteiger partial charge in [-0.1, -0.05) is 0 Å². The maximum absolute atomic E-state index is 12.3. The Balaban J connectivity index is 1.69. The number of fused-ring (bicyclic) bond motifs is 3. The number of rotatable bonds is 1. The Bertz CT molecular complexity index is 562. The van der Waals surface area contributed by atoms with Crippen LogP contribution < -0.4 is 0 Å². The summed E-state index contributed by atoms with van der Waals surface area (Å²) in [6, 6.07) is -0.0338. The first-order valence-electron chi connectivity index (χ1n) is 9.17. The summed E-state index contributed by atoms with van der Waals surface area (Å²) >= 11 is 0. The van der Waals surface area contributed by atoms with E-state index in [1.807, 2.05) is 18.7 Å². The van der Waals surface area contributed by atoms with Gasteiger partial charge in [0.05, 0.1) is 24.7 Å². The van der Waals surface area contributed by atoms with Gasteiger partial charge in [-0.15, -0.1) is 0 Å². The Labute approximate surface area is 142 Å². The van der Waals surface area contributed by atoms with Crippen LogP contribution in [0.4, 0.5) is 0 Å². The van der Waals surface area contributed by atoms with Gasteiger partial charge in [0.1, 0.15) is 5.60 Å². The number of amides is 1. The minimum atomic E-state index is -0.621. The third-order valence-electron chi connectivity index (χ3n) is 6.23. The smallest absolute Gasteiger partial charge is 0.306 e. The molecule has 0 spiro atoms. The molecular formula is C18H27NO5. The maximum atomic E-state index is 12.3. The zero-order chi connectivity index (χ0) is 17.1. The molecule has 1 aliphatic carbocycles. The molecule has 6 heteroatoms. The highest BCUT2D eigenvalue weighted by molar-refractivity contribution is 5.76. The molecule has 4 rings (SSSR count). The average molecular weight is 337 g/mol. The lowest BCUT2D eigenvalue weighted by Gasteiger charge is -2.51. The quantitative estimate of drug-likeness (QED) is 0.685. The maximum Gasteiger partial charge on any atom is 0.306 e. The number of esters is 1. The van der Waals surface area contributed by atoms with Gasteiger partial charge in [0, 0.05) is 19.4 Å². The summed E-state index contributed by atoms with van der Waals surface area (Å²) in [7, 11) is 0. The number of carbonyl (C=O) groups is 2. The van der Waals surface area contributed by atoms with Crippen LogP contribution in [0.25, 0.3) is 0 Å². The van der Waals surface area contributed by atoms with Crippen LogP contribution >= 0.6 is 0 Å². The van der Waals surface area contributed by atoms with Crippen LogP contribution in [-0.2, 0) is 23.8 Å². The molecule has 4 fully saturated rings. The van der Waals surface area contributed by atoms with Crippen molar-refractivity contribution >= 4 is 11.9 Å². The fourth-order valence-electron chi connectivity index (χ4n) is 5.41. The monoisotopic (exact) mass is 337 g/mol. The van der Waals surface area contributed by atoms with Gasteiger partial charge in [-0.25, -0.2) is 0 Å². The Morgan fingerprint density at radius 1 is 1.21 bits per heavy atom. The van der Waals surface area contributed by atoms with Crippen molar-refractivity contribution < 1.29 is 23.8 Å². The second-order valence-corrected chi connectivity index (χ2v) is 8.14. The number of likely N-dealkylation sites (tertiary alicyclic amines) is 1. The summed E-state index contributed by atoms with van der Waals surface area (Å²) in [4.78, 5) is 26.4. The van der Waals surface area contributed by atoms with Crippen molar-refractivity contribution in [2.24, 2.45) is 5.92 Å². The van der Waals surface area contributed by atoms with Crippen LogP contribution in [0.3, 0.4) is 0 Å². The molecule has 1 saturated carbocycles. The van der Waals surface area contributed by atoms with E-state index in [2.05, 4.69) is 0 Å². The van der Waals surface area contributed by atoms with Gasteiger partial charge in [0.2, 0.25) is 5.91 Å². The fraction of sp³-hybridized carbons (Fsp3) is 0.889. The van der Waals surface area contributed by atoms with E-state index >= 15 is 0 Å². The molecule has 6 nitrogen and oxygen atoms in total. The minimum Gasteiger partial charge on any atom is -0.456 e. The predicted octanol–water partition coefficient (Wildman–Crippen LogP) is 2.00. The number of ether oxygens (including phenoxy) is 3. The van der Waals surface area contributed by atoms with Crippen LogP contribution in [0.5, 0.6) is 0 Å². The lowest BCUT2D eigenvalue weighted by Crippen LogP contribution is -2.63. The minimum absolute atomic E-state index is 0.0157. The summed E-state index contributed by atoms with van der Waals surface area (Å²) in [6.45, 7) is 6.22. The molecule has 0 aromatic rings. The van der Waals surface area contributed by atoms with E-state index in [-0.39, 0.29) is 36.0 Å². The first-order valence-corrected chi connectivity index (χ1v) is 9.17. The van der Waals surface area contributed by atoms with Crippen molar-refractivity contribution in [1.82, 2.24) is 4.90 Å². The Morgan fingerprint density at radius 3 is 2.75 bits per heavy atom. The molecule has 3 heterocycles. The predicted molar refractivity (Wildman–Crippen MR) is 85.0 cm³/mol. The van der Waals surface area contributed by atoms with Crippen molar-refractivity contribution in [3.8, 4) is 0 Å². The van der Waals surface area contributed by atoms with Crippen LogP contribution in [-0.4, -0.2) is 53.0 Å². The summed E-state index contributed by atoms with van der Waals surface area (Å²) in [5.74, 6) is -0.746. The van der Waals surface area contributed by atoms with Gasteiger partial charge in [0.25, 0.3) is 0 Å². The standard InChI is InChI=1S/C18H27NO5/c1-11(20)19-9-5-4-6-14(19)18-8-7-13-16(24-17(2,3)22-13)12(18)10-15(21)23-18/h12-14,16H,4-10H2,1-3H3/t12-,13+,14-,16-,18+/m1/s1. The van der Waals surface area contributed by atoms with Crippen molar-refractivity contribution in [2.75, 3.05) is 6.54 Å². The lowest BCUT2D eigenvalue weighted by atomic mass is 9.67.